The van der Waals surface area contributed by atoms with E-state index in [-0.39, 0.29) is 6.04 Å². The summed E-state index contributed by atoms with van der Waals surface area (Å²) in [5.74, 6) is 0.736. The Bertz CT molecular complexity index is 242. The molecule has 1 aromatic rings. The molecule has 4 nitrogen and oxygen atoms in total. The first-order valence-corrected chi connectivity index (χ1v) is 3.48. The zero-order valence-corrected chi connectivity index (χ0v) is 7.03. The van der Waals surface area contributed by atoms with E-state index in [9.17, 15) is 0 Å². The summed E-state index contributed by atoms with van der Waals surface area (Å²) in [6.45, 7) is 1.90. The van der Waals surface area contributed by atoms with Gasteiger partial charge in [-0.25, -0.2) is 4.68 Å². The minimum Gasteiger partial charge on any atom is -0.481 e. The van der Waals surface area contributed by atoms with Gasteiger partial charge in [-0.3, -0.25) is 0 Å². The third-order valence-corrected chi connectivity index (χ3v) is 1.59. The molecule has 0 spiro atoms. The number of hydrogen-bond acceptors (Lipinski definition) is 3. The van der Waals surface area contributed by atoms with Crippen LogP contribution in [0, 0.1) is 0 Å². The van der Waals surface area contributed by atoms with Gasteiger partial charge < -0.3 is 10.5 Å². The van der Waals surface area contributed by atoms with Crippen molar-refractivity contribution in [1.29, 1.82) is 0 Å². The maximum absolute atomic E-state index is 5.67. The van der Waals surface area contributed by atoms with E-state index in [2.05, 4.69) is 5.10 Å². The van der Waals surface area contributed by atoms with Gasteiger partial charge in [0.25, 0.3) is 0 Å². The topological polar surface area (TPSA) is 53.1 Å². The van der Waals surface area contributed by atoms with Gasteiger partial charge in [-0.05, 0) is 6.92 Å². The molecule has 0 aliphatic heterocycles. The maximum Gasteiger partial charge on any atom is 0.216 e. The average molecular weight is 155 g/mol. The molecule has 2 N–H and O–H groups in total. The zero-order valence-electron chi connectivity index (χ0n) is 7.03. The SMILES string of the molecule is COc1c([C@H](C)N)cnn1C. The van der Waals surface area contributed by atoms with Crippen molar-refractivity contribution in [3.63, 3.8) is 0 Å². The molecule has 0 amide bonds. The molecular formula is C7H13N3O. The lowest BCUT2D eigenvalue weighted by Crippen LogP contribution is -2.06. The standard InChI is InChI=1S/C7H13N3O/c1-5(8)6-4-9-10(2)7(6)11-3/h4-5H,8H2,1-3H3/t5-/m0/s1. The summed E-state index contributed by atoms with van der Waals surface area (Å²) in [4.78, 5) is 0. The highest BCUT2D eigenvalue weighted by Crippen LogP contribution is 2.21. The Kier molecular flexibility index (Phi) is 2.14. The van der Waals surface area contributed by atoms with Gasteiger partial charge in [-0.15, -0.1) is 0 Å². The van der Waals surface area contributed by atoms with Crippen molar-refractivity contribution in [2.75, 3.05) is 7.11 Å². The van der Waals surface area contributed by atoms with Crippen LogP contribution in [0.3, 0.4) is 0 Å². The molecule has 1 heterocycles. The van der Waals surface area contributed by atoms with Crippen LogP contribution >= 0.6 is 0 Å². The second kappa shape index (κ2) is 2.92. The van der Waals surface area contributed by atoms with E-state index in [0.29, 0.717) is 0 Å². The number of methoxy groups -OCH3 is 1. The Morgan fingerprint density at radius 2 is 2.36 bits per heavy atom. The van der Waals surface area contributed by atoms with Gasteiger partial charge in [0.2, 0.25) is 5.88 Å². The Morgan fingerprint density at radius 1 is 1.73 bits per heavy atom. The van der Waals surface area contributed by atoms with Crippen molar-refractivity contribution >= 4 is 0 Å². The minimum absolute atomic E-state index is 0.0290. The molecule has 0 saturated heterocycles. The number of nitrogens with zero attached hydrogens (tertiary/aromatic N) is 2. The van der Waals surface area contributed by atoms with E-state index in [4.69, 9.17) is 10.5 Å². The van der Waals surface area contributed by atoms with Gasteiger partial charge in [0.05, 0.1) is 18.9 Å². The lowest BCUT2D eigenvalue weighted by Gasteiger charge is -2.05. The molecule has 1 aromatic heterocycles. The first-order chi connectivity index (χ1) is 5.16. The van der Waals surface area contributed by atoms with Crippen LogP contribution in [0.15, 0.2) is 6.20 Å². The normalized spacial score (nSPS) is 13.1. The minimum atomic E-state index is -0.0290. The Labute approximate surface area is 66.0 Å². The summed E-state index contributed by atoms with van der Waals surface area (Å²) in [5.41, 5.74) is 6.61. The fraction of sp³-hybridized carbons (Fsp3) is 0.571. The first-order valence-electron chi connectivity index (χ1n) is 3.48. The summed E-state index contributed by atoms with van der Waals surface area (Å²) in [6, 6.07) is -0.0290. The van der Waals surface area contributed by atoms with E-state index in [1.165, 1.54) is 0 Å². The van der Waals surface area contributed by atoms with Gasteiger partial charge in [-0.2, -0.15) is 5.10 Å². The Balaban J connectivity index is 3.05. The number of rotatable bonds is 2. The maximum atomic E-state index is 5.67. The first kappa shape index (κ1) is 8.07. The summed E-state index contributed by atoms with van der Waals surface area (Å²) in [7, 11) is 3.44. The van der Waals surface area contributed by atoms with Gasteiger partial charge in [0, 0.05) is 13.1 Å². The molecule has 1 rings (SSSR count). The molecule has 0 radical (unpaired) electrons. The second-order valence-corrected chi connectivity index (χ2v) is 2.52. The molecule has 0 bridgehead atoms. The molecule has 4 heteroatoms. The lowest BCUT2D eigenvalue weighted by molar-refractivity contribution is 0.367. The van der Waals surface area contributed by atoms with Crippen LogP contribution < -0.4 is 10.5 Å². The summed E-state index contributed by atoms with van der Waals surface area (Å²) in [6.07, 6.45) is 1.73. The van der Waals surface area contributed by atoms with Crippen LogP contribution in [-0.4, -0.2) is 16.9 Å². The molecule has 0 aliphatic rings. The largest absolute Gasteiger partial charge is 0.481 e. The van der Waals surface area contributed by atoms with Crippen molar-refractivity contribution in [3.8, 4) is 5.88 Å². The molecule has 0 fully saturated rings. The Hall–Kier alpha value is -1.03. The lowest BCUT2D eigenvalue weighted by atomic mass is 10.2. The quantitative estimate of drug-likeness (QED) is 0.674. The molecule has 0 unspecified atom stereocenters. The highest BCUT2D eigenvalue weighted by Gasteiger charge is 2.11. The van der Waals surface area contributed by atoms with E-state index in [1.54, 1.807) is 18.0 Å². The highest BCUT2D eigenvalue weighted by atomic mass is 16.5. The molecule has 62 valence electrons. The van der Waals surface area contributed by atoms with Crippen molar-refractivity contribution in [1.82, 2.24) is 9.78 Å². The van der Waals surface area contributed by atoms with Gasteiger partial charge in [0.1, 0.15) is 0 Å². The van der Waals surface area contributed by atoms with Gasteiger partial charge in [0.15, 0.2) is 0 Å². The smallest absolute Gasteiger partial charge is 0.216 e. The third kappa shape index (κ3) is 1.35. The molecule has 0 aromatic carbocycles. The van der Waals surface area contributed by atoms with Crippen molar-refractivity contribution in [2.24, 2.45) is 12.8 Å². The highest BCUT2D eigenvalue weighted by molar-refractivity contribution is 5.26. The third-order valence-electron chi connectivity index (χ3n) is 1.59. The second-order valence-electron chi connectivity index (χ2n) is 2.52. The van der Waals surface area contributed by atoms with Crippen LogP contribution in [0.25, 0.3) is 0 Å². The van der Waals surface area contributed by atoms with E-state index in [1.807, 2.05) is 14.0 Å². The molecule has 1 atom stereocenters. The zero-order chi connectivity index (χ0) is 8.43. The number of nitrogens with two attached hydrogens (primary N) is 1. The van der Waals surface area contributed by atoms with Crippen molar-refractivity contribution in [3.05, 3.63) is 11.8 Å². The molecule has 0 aliphatic carbocycles. The van der Waals surface area contributed by atoms with Crippen LogP contribution in [0.4, 0.5) is 0 Å². The van der Waals surface area contributed by atoms with Gasteiger partial charge in [-0.1, -0.05) is 0 Å². The number of ether oxygens (including phenoxy) is 1. The van der Waals surface area contributed by atoms with Crippen LogP contribution in [0.5, 0.6) is 5.88 Å². The number of hydrogen-bond donors (Lipinski definition) is 1. The van der Waals surface area contributed by atoms with E-state index in [0.717, 1.165) is 11.4 Å². The van der Waals surface area contributed by atoms with Crippen LogP contribution in [0.2, 0.25) is 0 Å². The summed E-state index contributed by atoms with van der Waals surface area (Å²) < 4.78 is 6.76. The number of aryl methyl sites for hydroxylation is 1. The van der Waals surface area contributed by atoms with Crippen molar-refractivity contribution < 1.29 is 4.74 Å². The van der Waals surface area contributed by atoms with Gasteiger partial charge >= 0.3 is 0 Å². The Morgan fingerprint density at radius 3 is 2.73 bits per heavy atom. The number of aromatic nitrogens is 2. The molecule has 0 saturated carbocycles. The fourth-order valence-corrected chi connectivity index (χ4v) is 1.01. The van der Waals surface area contributed by atoms with Crippen LogP contribution in [0.1, 0.15) is 18.5 Å². The van der Waals surface area contributed by atoms with Crippen LogP contribution in [-0.2, 0) is 7.05 Å². The predicted molar refractivity (Wildman–Crippen MR) is 42.4 cm³/mol. The average Bonchev–Trinajstić information content (AvgIpc) is 2.30. The monoisotopic (exact) mass is 155 g/mol. The predicted octanol–water partition coefficient (Wildman–Crippen LogP) is 0.448. The fourth-order valence-electron chi connectivity index (χ4n) is 1.01. The van der Waals surface area contributed by atoms with E-state index < -0.39 is 0 Å². The summed E-state index contributed by atoms with van der Waals surface area (Å²) in [5, 5.41) is 4.02. The van der Waals surface area contributed by atoms with Crippen molar-refractivity contribution in [2.45, 2.75) is 13.0 Å². The van der Waals surface area contributed by atoms with E-state index >= 15 is 0 Å². The summed E-state index contributed by atoms with van der Waals surface area (Å²) >= 11 is 0. The molecule has 11 heavy (non-hydrogen) atoms. The molecular weight excluding hydrogens is 142 g/mol.